The van der Waals surface area contributed by atoms with Gasteiger partial charge >= 0.3 is 0 Å². The van der Waals surface area contributed by atoms with Gasteiger partial charge in [-0.1, -0.05) is 11.6 Å². The molecule has 0 radical (unpaired) electrons. The lowest BCUT2D eigenvalue weighted by Gasteiger charge is -2.35. The quantitative estimate of drug-likeness (QED) is 0.851. The topological polar surface area (TPSA) is 72.6 Å². The van der Waals surface area contributed by atoms with Crippen LogP contribution in [0.25, 0.3) is 0 Å². The van der Waals surface area contributed by atoms with Crippen molar-refractivity contribution in [3.63, 3.8) is 0 Å². The van der Waals surface area contributed by atoms with Gasteiger partial charge in [-0.05, 0) is 32.0 Å². The van der Waals surface area contributed by atoms with Crippen LogP contribution in [0.4, 0.5) is 5.69 Å². The van der Waals surface area contributed by atoms with Crippen LogP contribution in [0.15, 0.2) is 23.1 Å². The fraction of sp³-hybridized carbons (Fsp3) is 0.571. The summed E-state index contributed by atoms with van der Waals surface area (Å²) in [4.78, 5) is 2.33. The van der Waals surface area contributed by atoms with Gasteiger partial charge in [0.15, 0.2) is 9.84 Å². The van der Waals surface area contributed by atoms with Crippen LogP contribution in [0.3, 0.4) is 0 Å². The molecule has 2 N–H and O–H groups in total. The average molecular weight is 333 g/mol. The highest BCUT2D eigenvalue weighted by molar-refractivity contribution is 7.91. The van der Waals surface area contributed by atoms with E-state index < -0.39 is 9.84 Å². The first-order valence-corrected chi connectivity index (χ1v) is 8.96. The van der Waals surface area contributed by atoms with Gasteiger partial charge in [0.1, 0.15) is 0 Å². The van der Waals surface area contributed by atoms with Crippen LogP contribution in [-0.2, 0) is 14.6 Å². The van der Waals surface area contributed by atoms with E-state index in [1.54, 1.807) is 6.07 Å². The number of nitrogens with zero attached hydrogens (tertiary/aromatic N) is 1. The molecule has 0 spiro atoms. The summed E-state index contributed by atoms with van der Waals surface area (Å²) in [5.74, 6) is -0.0696. The molecule has 1 atom stereocenters. The highest BCUT2D eigenvalue weighted by Crippen LogP contribution is 2.26. The maximum Gasteiger partial charge on any atom is 0.182 e. The van der Waals surface area contributed by atoms with Gasteiger partial charge < -0.3 is 10.5 Å². The van der Waals surface area contributed by atoms with Crippen molar-refractivity contribution in [2.24, 2.45) is 0 Å². The summed E-state index contributed by atoms with van der Waals surface area (Å²) in [6.07, 6.45) is -0.334. The molecule has 0 aromatic heterocycles. The van der Waals surface area contributed by atoms with Gasteiger partial charge in [0.05, 0.1) is 28.4 Å². The third kappa shape index (κ3) is 4.10. The third-order valence-electron chi connectivity index (χ3n) is 3.60. The van der Waals surface area contributed by atoms with Crippen molar-refractivity contribution < 1.29 is 13.2 Å². The molecule has 0 amide bonds. The maximum atomic E-state index is 12.5. The van der Waals surface area contributed by atoms with Crippen molar-refractivity contribution in [3.8, 4) is 0 Å². The number of sulfone groups is 1. The van der Waals surface area contributed by atoms with Crippen molar-refractivity contribution in [1.29, 1.82) is 0 Å². The van der Waals surface area contributed by atoms with Gasteiger partial charge in [0, 0.05) is 24.8 Å². The van der Waals surface area contributed by atoms with E-state index in [9.17, 15) is 8.42 Å². The molecule has 1 aliphatic rings. The van der Waals surface area contributed by atoms with Crippen LogP contribution in [0.1, 0.15) is 13.8 Å². The van der Waals surface area contributed by atoms with Gasteiger partial charge in [-0.3, -0.25) is 4.90 Å². The van der Waals surface area contributed by atoms with Crippen LogP contribution in [-0.4, -0.2) is 50.9 Å². The zero-order valence-electron chi connectivity index (χ0n) is 12.3. The number of anilines is 1. The van der Waals surface area contributed by atoms with E-state index >= 15 is 0 Å². The number of morpholine rings is 1. The number of nitrogen functional groups attached to an aromatic ring is 1. The van der Waals surface area contributed by atoms with Crippen molar-refractivity contribution in [3.05, 3.63) is 23.2 Å². The summed E-state index contributed by atoms with van der Waals surface area (Å²) in [7, 11) is -3.50. The molecule has 1 aromatic rings. The summed E-state index contributed by atoms with van der Waals surface area (Å²) < 4.78 is 30.6. The van der Waals surface area contributed by atoms with E-state index in [2.05, 4.69) is 18.7 Å². The Morgan fingerprint density at radius 1 is 1.48 bits per heavy atom. The molecule has 21 heavy (non-hydrogen) atoms. The molecule has 1 aliphatic heterocycles. The highest BCUT2D eigenvalue weighted by Gasteiger charge is 2.29. The van der Waals surface area contributed by atoms with E-state index in [1.807, 2.05) is 0 Å². The predicted molar refractivity (Wildman–Crippen MR) is 84.4 cm³/mol. The Balaban J connectivity index is 2.14. The monoisotopic (exact) mass is 332 g/mol. The molecule has 7 heteroatoms. The second-order valence-electron chi connectivity index (χ2n) is 5.55. The predicted octanol–water partition coefficient (Wildman–Crippen LogP) is 1.81. The molecule has 0 aliphatic carbocycles. The fourth-order valence-electron chi connectivity index (χ4n) is 2.42. The first-order valence-electron chi connectivity index (χ1n) is 6.93. The van der Waals surface area contributed by atoms with Crippen LogP contribution in [0, 0.1) is 0 Å². The minimum absolute atomic E-state index is 0.0696. The van der Waals surface area contributed by atoms with Gasteiger partial charge in [0.25, 0.3) is 0 Å². The molecule has 2 rings (SSSR count). The normalized spacial score (nSPS) is 20.9. The summed E-state index contributed by atoms with van der Waals surface area (Å²) in [6, 6.07) is 4.83. The van der Waals surface area contributed by atoms with Crippen LogP contribution in [0.5, 0.6) is 0 Å². The largest absolute Gasteiger partial charge is 0.399 e. The Hall–Kier alpha value is -0.820. The lowest BCUT2D eigenvalue weighted by atomic mass is 10.2. The molecule has 1 heterocycles. The molecule has 0 bridgehead atoms. The molecule has 5 nitrogen and oxygen atoms in total. The Bertz CT molecular complexity index is 604. The number of rotatable bonds is 4. The number of benzene rings is 1. The van der Waals surface area contributed by atoms with E-state index in [0.29, 0.717) is 24.9 Å². The molecular weight excluding hydrogens is 312 g/mol. The van der Waals surface area contributed by atoms with E-state index in [4.69, 9.17) is 22.1 Å². The molecule has 1 aromatic carbocycles. The Labute approximate surface area is 130 Å². The van der Waals surface area contributed by atoms with Crippen LogP contribution < -0.4 is 5.73 Å². The van der Waals surface area contributed by atoms with Crippen LogP contribution in [0.2, 0.25) is 5.02 Å². The Morgan fingerprint density at radius 2 is 2.19 bits per heavy atom. The minimum atomic E-state index is -3.50. The number of hydrogen-bond donors (Lipinski definition) is 1. The minimum Gasteiger partial charge on any atom is -0.399 e. The van der Waals surface area contributed by atoms with Crippen molar-refractivity contribution >= 4 is 27.1 Å². The van der Waals surface area contributed by atoms with E-state index in [-0.39, 0.29) is 21.8 Å². The number of ether oxygens (including phenoxy) is 1. The van der Waals surface area contributed by atoms with Crippen LogP contribution >= 0.6 is 11.6 Å². The average Bonchev–Trinajstić information content (AvgIpc) is 2.37. The molecule has 1 saturated heterocycles. The summed E-state index contributed by atoms with van der Waals surface area (Å²) in [5.41, 5.74) is 6.04. The van der Waals surface area contributed by atoms with Gasteiger partial charge in [0.2, 0.25) is 0 Å². The van der Waals surface area contributed by atoms with Crippen molar-refractivity contribution in [2.45, 2.75) is 30.9 Å². The second-order valence-corrected chi connectivity index (χ2v) is 7.96. The van der Waals surface area contributed by atoms with E-state index in [0.717, 1.165) is 6.54 Å². The standard InChI is InChI=1S/C14H21ClN2O3S/c1-10(2)17-5-6-20-12(8-17)9-21(18,19)14-4-3-11(16)7-13(14)15/h3-4,7,10,12H,5-6,8-9,16H2,1-2H3. The lowest BCUT2D eigenvalue weighted by Crippen LogP contribution is -2.48. The van der Waals surface area contributed by atoms with Gasteiger partial charge in [-0.2, -0.15) is 0 Å². The Morgan fingerprint density at radius 3 is 2.81 bits per heavy atom. The molecule has 118 valence electrons. The highest BCUT2D eigenvalue weighted by atomic mass is 35.5. The van der Waals surface area contributed by atoms with Gasteiger partial charge in [-0.15, -0.1) is 0 Å². The fourth-order valence-corrected chi connectivity index (χ4v) is 4.46. The van der Waals surface area contributed by atoms with E-state index in [1.165, 1.54) is 12.1 Å². The number of nitrogens with two attached hydrogens (primary N) is 1. The first-order chi connectivity index (χ1) is 9.79. The third-order valence-corrected chi connectivity index (χ3v) is 5.86. The molecule has 1 unspecified atom stereocenters. The molecule has 0 saturated carbocycles. The van der Waals surface area contributed by atoms with Crippen molar-refractivity contribution in [2.75, 3.05) is 31.2 Å². The summed E-state index contributed by atoms with van der Waals surface area (Å²) in [5, 5.41) is 0.159. The maximum absolute atomic E-state index is 12.5. The van der Waals surface area contributed by atoms with Gasteiger partial charge in [-0.25, -0.2) is 8.42 Å². The zero-order valence-corrected chi connectivity index (χ0v) is 13.8. The second kappa shape index (κ2) is 6.52. The number of halogens is 1. The Kier molecular flexibility index (Phi) is 5.14. The summed E-state index contributed by atoms with van der Waals surface area (Å²) in [6.45, 7) is 6.18. The zero-order chi connectivity index (χ0) is 15.6. The smallest absolute Gasteiger partial charge is 0.182 e. The van der Waals surface area contributed by atoms with Crippen molar-refractivity contribution in [1.82, 2.24) is 4.90 Å². The lowest BCUT2D eigenvalue weighted by molar-refractivity contribution is -0.0272. The SMILES string of the molecule is CC(C)N1CCOC(CS(=O)(=O)c2ccc(N)cc2Cl)C1. The number of hydrogen-bond acceptors (Lipinski definition) is 5. The molecule has 1 fully saturated rings. The summed E-state index contributed by atoms with van der Waals surface area (Å²) >= 11 is 6.00. The first kappa shape index (κ1) is 16.5. The molecular formula is C14H21ClN2O3S.